The van der Waals surface area contributed by atoms with E-state index in [2.05, 4.69) is 5.10 Å². The minimum atomic E-state index is -0.221. The molecule has 1 aliphatic heterocycles. The Balaban J connectivity index is 1.57. The second-order valence-corrected chi connectivity index (χ2v) is 7.33. The van der Waals surface area contributed by atoms with E-state index in [-0.39, 0.29) is 18.6 Å². The predicted octanol–water partition coefficient (Wildman–Crippen LogP) is 5.11. The third-order valence-electron chi connectivity index (χ3n) is 4.93. The highest BCUT2D eigenvalue weighted by Crippen LogP contribution is 2.33. The lowest BCUT2D eigenvalue weighted by Gasteiger charge is -2.22. The van der Waals surface area contributed by atoms with Crippen LogP contribution in [-0.4, -0.2) is 30.3 Å². The molecule has 0 radical (unpaired) electrons. The monoisotopic (exact) mass is 420 g/mol. The van der Waals surface area contributed by atoms with Crippen LogP contribution in [0.3, 0.4) is 0 Å². The van der Waals surface area contributed by atoms with Gasteiger partial charge >= 0.3 is 0 Å². The third kappa shape index (κ3) is 4.47. The highest BCUT2D eigenvalue weighted by atomic mass is 35.5. The van der Waals surface area contributed by atoms with Crippen molar-refractivity contribution in [2.45, 2.75) is 12.5 Å². The molecule has 4 rings (SSSR count). The Hall–Kier alpha value is -3.31. The molecule has 1 amide bonds. The molecule has 0 saturated carbocycles. The number of benzene rings is 3. The van der Waals surface area contributed by atoms with Crippen LogP contribution in [0.15, 0.2) is 84.0 Å². The molecule has 0 spiro atoms. The zero-order valence-corrected chi connectivity index (χ0v) is 17.3. The fraction of sp³-hybridized carbons (Fsp3) is 0.167. The molecule has 30 heavy (non-hydrogen) atoms. The Morgan fingerprint density at radius 1 is 1.03 bits per heavy atom. The SMILES string of the molecule is COc1ccc([C@H]2CC(c3ccccc3)=NN2C(=O)COc2cccc(Cl)c2)cc1. The highest BCUT2D eigenvalue weighted by molar-refractivity contribution is 6.30. The zero-order chi connectivity index (χ0) is 20.9. The summed E-state index contributed by atoms with van der Waals surface area (Å²) >= 11 is 5.99. The van der Waals surface area contributed by atoms with Crippen molar-refractivity contribution >= 4 is 23.2 Å². The Morgan fingerprint density at radius 2 is 1.80 bits per heavy atom. The van der Waals surface area contributed by atoms with Gasteiger partial charge in [0, 0.05) is 11.4 Å². The maximum atomic E-state index is 13.0. The van der Waals surface area contributed by atoms with E-state index in [1.807, 2.05) is 54.6 Å². The molecule has 1 atom stereocenters. The summed E-state index contributed by atoms with van der Waals surface area (Å²) in [6, 6.07) is 24.4. The number of carbonyl (C=O) groups excluding carboxylic acids is 1. The summed E-state index contributed by atoms with van der Waals surface area (Å²) in [6.45, 7) is -0.126. The number of methoxy groups -OCH3 is 1. The van der Waals surface area contributed by atoms with Crippen LogP contribution in [0.25, 0.3) is 0 Å². The summed E-state index contributed by atoms with van der Waals surface area (Å²) in [4.78, 5) is 13.0. The van der Waals surface area contributed by atoms with E-state index in [0.29, 0.717) is 17.2 Å². The van der Waals surface area contributed by atoms with Crippen LogP contribution >= 0.6 is 11.6 Å². The van der Waals surface area contributed by atoms with Crippen LogP contribution in [0.2, 0.25) is 5.02 Å². The summed E-state index contributed by atoms with van der Waals surface area (Å²) in [5.41, 5.74) is 2.86. The first-order chi connectivity index (χ1) is 14.6. The molecule has 0 bridgehead atoms. The Morgan fingerprint density at radius 3 is 2.50 bits per heavy atom. The molecule has 0 aliphatic carbocycles. The van der Waals surface area contributed by atoms with Crippen LogP contribution in [0.5, 0.6) is 11.5 Å². The van der Waals surface area contributed by atoms with Crippen LogP contribution in [-0.2, 0) is 4.79 Å². The Bertz CT molecular complexity index is 1050. The van der Waals surface area contributed by atoms with Crippen LogP contribution in [0, 0.1) is 0 Å². The van der Waals surface area contributed by atoms with Gasteiger partial charge in [0.2, 0.25) is 0 Å². The lowest BCUT2D eigenvalue weighted by atomic mass is 9.98. The highest BCUT2D eigenvalue weighted by Gasteiger charge is 2.33. The number of halogens is 1. The van der Waals surface area contributed by atoms with Crippen LogP contribution in [0.1, 0.15) is 23.6 Å². The number of ether oxygens (including phenoxy) is 2. The van der Waals surface area contributed by atoms with Gasteiger partial charge in [-0.25, -0.2) is 5.01 Å². The molecule has 0 fully saturated rings. The number of nitrogens with zero attached hydrogens (tertiary/aromatic N) is 2. The summed E-state index contributed by atoms with van der Waals surface area (Å²) in [6.07, 6.45) is 0.624. The van der Waals surface area contributed by atoms with Crippen molar-refractivity contribution in [2.24, 2.45) is 5.10 Å². The van der Waals surface area contributed by atoms with Crippen molar-refractivity contribution in [2.75, 3.05) is 13.7 Å². The molecule has 1 heterocycles. The lowest BCUT2D eigenvalue weighted by molar-refractivity contribution is -0.135. The van der Waals surface area contributed by atoms with Crippen molar-refractivity contribution in [3.8, 4) is 11.5 Å². The first kappa shape index (κ1) is 20.0. The van der Waals surface area contributed by atoms with E-state index in [1.54, 1.807) is 31.4 Å². The number of carbonyl (C=O) groups is 1. The molecule has 1 aliphatic rings. The Kier molecular flexibility index (Phi) is 6.00. The first-order valence-electron chi connectivity index (χ1n) is 9.61. The Labute approximate surface area is 180 Å². The van der Waals surface area contributed by atoms with E-state index in [4.69, 9.17) is 21.1 Å². The van der Waals surface area contributed by atoms with Gasteiger partial charge < -0.3 is 9.47 Å². The summed E-state index contributed by atoms with van der Waals surface area (Å²) in [7, 11) is 1.63. The second-order valence-electron chi connectivity index (χ2n) is 6.89. The van der Waals surface area contributed by atoms with Crippen molar-refractivity contribution in [1.82, 2.24) is 5.01 Å². The maximum absolute atomic E-state index is 13.0. The zero-order valence-electron chi connectivity index (χ0n) is 16.5. The van der Waals surface area contributed by atoms with Gasteiger partial charge in [0.05, 0.1) is 18.9 Å². The summed E-state index contributed by atoms with van der Waals surface area (Å²) in [5, 5.41) is 6.73. The minimum absolute atomic E-state index is 0.126. The van der Waals surface area contributed by atoms with Gasteiger partial charge in [-0.1, -0.05) is 60.1 Å². The molecule has 6 heteroatoms. The van der Waals surface area contributed by atoms with Gasteiger partial charge in [-0.2, -0.15) is 5.10 Å². The molecule has 3 aromatic carbocycles. The van der Waals surface area contributed by atoms with Gasteiger partial charge in [-0.3, -0.25) is 4.79 Å². The standard InChI is InChI=1S/C24H21ClN2O3/c1-29-20-12-10-18(11-13-20)23-15-22(17-6-3-2-4-7-17)26-27(23)24(28)16-30-21-9-5-8-19(25)14-21/h2-14,23H,15-16H2,1H3/t23-/m1/s1. The normalized spacial score (nSPS) is 15.6. The van der Waals surface area contributed by atoms with E-state index >= 15 is 0 Å². The lowest BCUT2D eigenvalue weighted by Crippen LogP contribution is -2.31. The topological polar surface area (TPSA) is 51.1 Å². The van der Waals surface area contributed by atoms with Gasteiger partial charge in [-0.15, -0.1) is 0 Å². The maximum Gasteiger partial charge on any atom is 0.281 e. The molecule has 0 saturated heterocycles. The summed E-state index contributed by atoms with van der Waals surface area (Å²) < 4.78 is 10.9. The van der Waals surface area contributed by atoms with Gasteiger partial charge in [-0.05, 0) is 41.5 Å². The van der Waals surface area contributed by atoms with Crippen molar-refractivity contribution < 1.29 is 14.3 Å². The first-order valence-corrected chi connectivity index (χ1v) is 9.99. The molecule has 152 valence electrons. The van der Waals surface area contributed by atoms with E-state index in [1.165, 1.54) is 5.01 Å². The molecule has 0 N–H and O–H groups in total. The quantitative estimate of drug-likeness (QED) is 0.557. The van der Waals surface area contributed by atoms with Crippen molar-refractivity contribution in [3.05, 3.63) is 95.0 Å². The molecular weight excluding hydrogens is 400 g/mol. The predicted molar refractivity (Wildman–Crippen MR) is 117 cm³/mol. The molecule has 0 unspecified atom stereocenters. The number of hydrogen-bond acceptors (Lipinski definition) is 4. The average Bonchev–Trinajstić information content (AvgIpc) is 3.24. The van der Waals surface area contributed by atoms with Crippen LogP contribution in [0.4, 0.5) is 0 Å². The number of amides is 1. The van der Waals surface area contributed by atoms with E-state index in [9.17, 15) is 4.79 Å². The number of hydrazone groups is 1. The average molecular weight is 421 g/mol. The largest absolute Gasteiger partial charge is 0.497 e. The van der Waals surface area contributed by atoms with Crippen molar-refractivity contribution in [1.29, 1.82) is 0 Å². The second kappa shape index (κ2) is 9.01. The third-order valence-corrected chi connectivity index (χ3v) is 5.17. The van der Waals surface area contributed by atoms with Gasteiger partial charge in [0.25, 0.3) is 5.91 Å². The fourth-order valence-electron chi connectivity index (χ4n) is 3.40. The van der Waals surface area contributed by atoms with Gasteiger partial charge in [0.1, 0.15) is 11.5 Å². The van der Waals surface area contributed by atoms with Gasteiger partial charge in [0.15, 0.2) is 6.61 Å². The van der Waals surface area contributed by atoms with Crippen LogP contribution < -0.4 is 9.47 Å². The van der Waals surface area contributed by atoms with E-state index < -0.39 is 0 Å². The van der Waals surface area contributed by atoms with Crippen molar-refractivity contribution in [3.63, 3.8) is 0 Å². The molecule has 5 nitrogen and oxygen atoms in total. The number of hydrogen-bond donors (Lipinski definition) is 0. The van der Waals surface area contributed by atoms with E-state index in [0.717, 1.165) is 22.6 Å². The fourth-order valence-corrected chi connectivity index (χ4v) is 3.58. The summed E-state index contributed by atoms with van der Waals surface area (Å²) in [5.74, 6) is 1.09. The molecule has 3 aromatic rings. The minimum Gasteiger partial charge on any atom is -0.497 e. The number of rotatable bonds is 6. The molecular formula is C24H21ClN2O3. The molecule has 0 aromatic heterocycles. The smallest absolute Gasteiger partial charge is 0.281 e.